The first-order valence-corrected chi connectivity index (χ1v) is 5.20. The Morgan fingerprint density at radius 2 is 2.31 bits per heavy atom. The van der Waals surface area contributed by atoms with Gasteiger partial charge in [0.1, 0.15) is 0 Å². The third-order valence-electron chi connectivity index (χ3n) is 3.34. The van der Waals surface area contributed by atoms with Gasteiger partial charge in [-0.2, -0.15) is 0 Å². The maximum Gasteiger partial charge on any atom is -0.00842 e. The first kappa shape index (κ1) is 7.37. The molecule has 2 aliphatic carbocycles. The summed E-state index contributed by atoms with van der Waals surface area (Å²) >= 11 is 0. The van der Waals surface area contributed by atoms with Crippen LogP contribution in [-0.4, -0.2) is 0 Å². The summed E-state index contributed by atoms with van der Waals surface area (Å²) in [5, 5.41) is 0. The number of benzene rings is 1. The van der Waals surface area contributed by atoms with Gasteiger partial charge in [-0.25, -0.2) is 0 Å². The Morgan fingerprint density at radius 1 is 1.38 bits per heavy atom. The topological polar surface area (TPSA) is 0 Å². The van der Waals surface area contributed by atoms with E-state index in [1.807, 2.05) is 0 Å². The van der Waals surface area contributed by atoms with Gasteiger partial charge in [-0.05, 0) is 41.4 Å². The zero-order valence-corrected chi connectivity index (χ0v) is 7.96. The summed E-state index contributed by atoms with van der Waals surface area (Å²) in [6.07, 6.45) is 7.26. The quantitative estimate of drug-likeness (QED) is 0.606. The number of allylic oxidation sites excluding steroid dienone is 1. The number of rotatable bonds is 1. The summed E-state index contributed by atoms with van der Waals surface area (Å²) in [6.45, 7) is 2.26. The van der Waals surface area contributed by atoms with Crippen LogP contribution < -0.4 is 0 Å². The van der Waals surface area contributed by atoms with Crippen LogP contribution in [0, 0.1) is 5.92 Å². The van der Waals surface area contributed by atoms with Gasteiger partial charge in [-0.15, -0.1) is 0 Å². The molecule has 1 fully saturated rings. The number of hydrogen-bond donors (Lipinski definition) is 0. The first-order valence-electron chi connectivity index (χ1n) is 5.20. The zero-order valence-electron chi connectivity index (χ0n) is 7.96. The molecule has 2 atom stereocenters. The third-order valence-corrected chi connectivity index (χ3v) is 3.34. The van der Waals surface area contributed by atoms with Crippen molar-refractivity contribution < 1.29 is 0 Å². The van der Waals surface area contributed by atoms with Crippen molar-refractivity contribution >= 4 is 6.08 Å². The van der Waals surface area contributed by atoms with E-state index in [1.54, 1.807) is 11.1 Å². The van der Waals surface area contributed by atoms with Crippen LogP contribution in [0.4, 0.5) is 0 Å². The summed E-state index contributed by atoms with van der Waals surface area (Å²) in [6, 6.07) is 6.72. The van der Waals surface area contributed by atoms with Gasteiger partial charge in [0.25, 0.3) is 0 Å². The van der Waals surface area contributed by atoms with Crippen LogP contribution in [-0.2, 0) is 6.42 Å². The van der Waals surface area contributed by atoms with Gasteiger partial charge in [0.15, 0.2) is 0 Å². The number of aryl methyl sites for hydroxylation is 1. The highest BCUT2D eigenvalue weighted by Gasteiger charge is 2.40. The summed E-state index contributed by atoms with van der Waals surface area (Å²) in [5.74, 6) is 1.75. The lowest BCUT2D eigenvalue weighted by atomic mass is 9.91. The van der Waals surface area contributed by atoms with E-state index in [-0.39, 0.29) is 0 Å². The molecule has 0 amide bonds. The number of fused-ring (bicyclic) bond motifs is 3. The van der Waals surface area contributed by atoms with Crippen LogP contribution >= 0.6 is 0 Å². The Bertz CT molecular complexity index is 374. The minimum atomic E-state index is 0.871. The summed E-state index contributed by atoms with van der Waals surface area (Å²) in [5.41, 5.74) is 4.69. The second-order valence-electron chi connectivity index (χ2n) is 4.14. The predicted molar refractivity (Wildman–Crippen MR) is 55.7 cm³/mol. The van der Waals surface area contributed by atoms with E-state index in [1.165, 1.54) is 18.4 Å². The molecule has 0 heterocycles. The number of hydrogen-bond acceptors (Lipinski definition) is 0. The van der Waals surface area contributed by atoms with E-state index in [0.29, 0.717) is 0 Å². The van der Waals surface area contributed by atoms with Crippen molar-refractivity contribution in [2.24, 2.45) is 5.92 Å². The molecule has 0 spiro atoms. The van der Waals surface area contributed by atoms with Gasteiger partial charge in [0.05, 0.1) is 0 Å². The van der Waals surface area contributed by atoms with Crippen molar-refractivity contribution in [2.45, 2.75) is 25.7 Å². The van der Waals surface area contributed by atoms with Crippen LogP contribution in [0.25, 0.3) is 6.08 Å². The van der Waals surface area contributed by atoms with Crippen molar-refractivity contribution in [3.05, 3.63) is 41.0 Å². The summed E-state index contributed by atoms with van der Waals surface area (Å²) in [4.78, 5) is 0. The molecule has 0 aromatic heterocycles. The van der Waals surface area contributed by atoms with Crippen LogP contribution in [0.5, 0.6) is 0 Å². The highest BCUT2D eigenvalue weighted by atomic mass is 14.4. The Balaban J connectivity index is 2.21. The molecule has 2 unspecified atom stereocenters. The molecular weight excluding hydrogens is 156 g/mol. The lowest BCUT2D eigenvalue weighted by molar-refractivity contribution is 0.956. The lowest BCUT2D eigenvalue weighted by Crippen LogP contribution is -1.97. The van der Waals surface area contributed by atoms with E-state index in [0.717, 1.165) is 11.8 Å². The molecule has 0 radical (unpaired) electrons. The zero-order chi connectivity index (χ0) is 8.84. The van der Waals surface area contributed by atoms with Gasteiger partial charge >= 0.3 is 0 Å². The highest BCUT2D eigenvalue weighted by Crippen LogP contribution is 2.53. The summed E-state index contributed by atoms with van der Waals surface area (Å²) in [7, 11) is 0. The van der Waals surface area contributed by atoms with Crippen molar-refractivity contribution in [1.29, 1.82) is 0 Å². The van der Waals surface area contributed by atoms with Crippen LogP contribution in [0.2, 0.25) is 0 Å². The average molecular weight is 170 g/mol. The van der Waals surface area contributed by atoms with Crippen molar-refractivity contribution in [1.82, 2.24) is 0 Å². The maximum atomic E-state index is 2.38. The molecular formula is C13H14. The molecule has 1 saturated carbocycles. The normalized spacial score (nSPS) is 28.1. The Kier molecular flexibility index (Phi) is 1.40. The molecule has 0 N–H and O–H groups in total. The van der Waals surface area contributed by atoms with Gasteiger partial charge < -0.3 is 0 Å². The fourth-order valence-corrected chi connectivity index (χ4v) is 2.53. The molecule has 2 aliphatic rings. The second kappa shape index (κ2) is 2.47. The molecule has 1 aromatic rings. The Morgan fingerprint density at radius 3 is 3.15 bits per heavy atom. The average Bonchev–Trinajstić information content (AvgIpc) is 2.95. The molecule has 0 aliphatic heterocycles. The fraction of sp³-hybridized carbons (Fsp3) is 0.385. The van der Waals surface area contributed by atoms with E-state index in [4.69, 9.17) is 0 Å². The third kappa shape index (κ3) is 0.980. The molecule has 0 nitrogen and oxygen atoms in total. The molecule has 0 saturated heterocycles. The van der Waals surface area contributed by atoms with Crippen LogP contribution in [0.15, 0.2) is 24.3 Å². The molecule has 0 bridgehead atoms. The van der Waals surface area contributed by atoms with Gasteiger partial charge in [-0.3, -0.25) is 0 Å². The lowest BCUT2D eigenvalue weighted by Gasteiger charge is -2.13. The standard InChI is InChI=1S/C13H14/c1-2-9-4-3-5-10-6-7-11-8-12(11)13(9)10/h3-7,11-12H,2,8H2,1H3. The van der Waals surface area contributed by atoms with Gasteiger partial charge in [0.2, 0.25) is 0 Å². The molecule has 13 heavy (non-hydrogen) atoms. The Hall–Kier alpha value is -1.04. The van der Waals surface area contributed by atoms with Gasteiger partial charge in [0, 0.05) is 0 Å². The van der Waals surface area contributed by atoms with E-state index >= 15 is 0 Å². The fourth-order valence-electron chi connectivity index (χ4n) is 2.53. The van der Waals surface area contributed by atoms with Crippen molar-refractivity contribution in [3.63, 3.8) is 0 Å². The minimum Gasteiger partial charge on any atom is -0.0802 e. The highest BCUT2D eigenvalue weighted by molar-refractivity contribution is 5.63. The molecule has 0 heteroatoms. The van der Waals surface area contributed by atoms with Crippen LogP contribution in [0.1, 0.15) is 36.0 Å². The van der Waals surface area contributed by atoms with Crippen molar-refractivity contribution in [2.75, 3.05) is 0 Å². The van der Waals surface area contributed by atoms with Crippen LogP contribution in [0.3, 0.4) is 0 Å². The molecule has 3 rings (SSSR count). The SMILES string of the molecule is CCc1cccc2c1C1CC1C=C2. The minimum absolute atomic E-state index is 0.871. The van der Waals surface area contributed by atoms with E-state index in [9.17, 15) is 0 Å². The second-order valence-corrected chi connectivity index (χ2v) is 4.14. The van der Waals surface area contributed by atoms with Crippen molar-refractivity contribution in [3.8, 4) is 0 Å². The maximum absolute atomic E-state index is 2.38. The van der Waals surface area contributed by atoms with Gasteiger partial charge in [-0.1, -0.05) is 37.3 Å². The molecule has 1 aromatic carbocycles. The smallest absolute Gasteiger partial charge is 0.00842 e. The largest absolute Gasteiger partial charge is 0.0802 e. The predicted octanol–water partition coefficient (Wildman–Crippen LogP) is 3.38. The summed E-state index contributed by atoms with van der Waals surface area (Å²) < 4.78 is 0. The monoisotopic (exact) mass is 170 g/mol. The molecule has 66 valence electrons. The van der Waals surface area contributed by atoms with E-state index < -0.39 is 0 Å². The Labute approximate surface area is 79.3 Å². The first-order chi connectivity index (χ1) is 6.40. The van der Waals surface area contributed by atoms with E-state index in [2.05, 4.69) is 37.3 Å².